The molecule has 8 nitrogen and oxygen atoms in total. The van der Waals surface area contributed by atoms with Crippen LogP contribution in [0.2, 0.25) is 0 Å². The Balaban J connectivity index is 2.38. The molecule has 1 unspecified atom stereocenters. The molecule has 0 aromatic heterocycles. The zero-order chi connectivity index (χ0) is 13.6. The summed E-state index contributed by atoms with van der Waals surface area (Å²) in [7, 11) is 1.53. The minimum absolute atomic E-state index is 0.215. The maximum atomic E-state index is 11.4. The third kappa shape index (κ3) is 3.83. The number of carboxylic acid groups (broad SMARTS) is 1. The van der Waals surface area contributed by atoms with Gasteiger partial charge in [0.05, 0.1) is 19.8 Å². The van der Waals surface area contributed by atoms with Crippen LogP contribution in [-0.4, -0.2) is 67.3 Å². The molecule has 4 N–H and O–H groups in total. The molecule has 1 rings (SSSR count). The number of hydrogen-bond donors (Lipinski definition) is 4. The first-order chi connectivity index (χ1) is 8.53. The van der Waals surface area contributed by atoms with Crippen molar-refractivity contribution in [3.05, 3.63) is 0 Å². The van der Waals surface area contributed by atoms with E-state index in [4.69, 9.17) is 19.7 Å². The lowest BCUT2D eigenvalue weighted by molar-refractivity contribution is -0.140. The molecule has 2 atom stereocenters. The van der Waals surface area contributed by atoms with Crippen LogP contribution < -0.4 is 10.6 Å². The summed E-state index contributed by atoms with van der Waals surface area (Å²) in [6.07, 6.45) is 0.659. The van der Waals surface area contributed by atoms with Crippen LogP contribution in [0.5, 0.6) is 0 Å². The summed E-state index contributed by atoms with van der Waals surface area (Å²) >= 11 is 0. The van der Waals surface area contributed by atoms with Crippen LogP contribution in [0.3, 0.4) is 0 Å². The normalized spacial score (nSPS) is 24.6. The number of aliphatic carboxylic acids is 1. The van der Waals surface area contributed by atoms with Crippen LogP contribution in [0.25, 0.3) is 0 Å². The van der Waals surface area contributed by atoms with Crippen molar-refractivity contribution in [2.75, 3.05) is 33.5 Å². The summed E-state index contributed by atoms with van der Waals surface area (Å²) in [5.41, 5.74) is -0.560. The van der Waals surface area contributed by atoms with Gasteiger partial charge in [0.2, 0.25) is 0 Å². The van der Waals surface area contributed by atoms with Crippen LogP contribution in [0.1, 0.15) is 6.42 Å². The first-order valence-corrected chi connectivity index (χ1v) is 5.54. The predicted octanol–water partition coefficient (Wildman–Crippen LogP) is -1.46. The van der Waals surface area contributed by atoms with Gasteiger partial charge in [0.25, 0.3) is 0 Å². The SMILES string of the molecule is COC1(CNC(=O)N[C@H](CO)C(=O)O)CCOC1. The van der Waals surface area contributed by atoms with Crippen molar-refractivity contribution >= 4 is 12.0 Å². The molecule has 8 heteroatoms. The molecule has 1 fully saturated rings. The Bertz CT molecular complexity index is 303. The molecule has 2 amide bonds. The van der Waals surface area contributed by atoms with Gasteiger partial charge in [-0.15, -0.1) is 0 Å². The van der Waals surface area contributed by atoms with Crippen molar-refractivity contribution in [3.63, 3.8) is 0 Å². The Kier molecular flexibility index (Phi) is 5.32. The second kappa shape index (κ2) is 6.53. The number of nitrogens with one attached hydrogen (secondary N) is 2. The topological polar surface area (TPSA) is 117 Å². The van der Waals surface area contributed by atoms with E-state index in [0.29, 0.717) is 19.6 Å². The van der Waals surface area contributed by atoms with E-state index in [0.717, 1.165) is 0 Å². The van der Waals surface area contributed by atoms with Gasteiger partial charge in [-0.25, -0.2) is 9.59 Å². The van der Waals surface area contributed by atoms with E-state index >= 15 is 0 Å². The van der Waals surface area contributed by atoms with Crippen molar-refractivity contribution in [2.45, 2.75) is 18.1 Å². The van der Waals surface area contributed by atoms with Gasteiger partial charge in [-0.3, -0.25) is 0 Å². The van der Waals surface area contributed by atoms with E-state index in [9.17, 15) is 9.59 Å². The molecule has 1 saturated heterocycles. The monoisotopic (exact) mass is 262 g/mol. The standard InChI is InChI=1S/C10H18N2O6/c1-17-10(2-3-18-6-10)5-11-9(16)12-7(4-13)8(14)15/h7,13H,2-6H2,1H3,(H,14,15)(H2,11,12,16)/t7-,10?/m1/s1. The van der Waals surface area contributed by atoms with Gasteiger partial charge in [-0.05, 0) is 0 Å². The van der Waals surface area contributed by atoms with Crippen molar-refractivity contribution in [1.29, 1.82) is 0 Å². The lowest BCUT2D eigenvalue weighted by atomic mass is 10.0. The Morgan fingerprint density at radius 2 is 2.28 bits per heavy atom. The largest absolute Gasteiger partial charge is 0.480 e. The van der Waals surface area contributed by atoms with Crippen molar-refractivity contribution < 1.29 is 29.3 Å². The second-order valence-electron chi connectivity index (χ2n) is 4.09. The lowest BCUT2D eigenvalue weighted by Gasteiger charge is -2.26. The van der Waals surface area contributed by atoms with Gasteiger partial charge in [0.15, 0.2) is 6.04 Å². The Labute approximate surface area is 104 Å². The number of rotatable bonds is 6. The number of aliphatic hydroxyl groups excluding tert-OH is 1. The Hall–Kier alpha value is -1.38. The van der Waals surface area contributed by atoms with Crippen molar-refractivity contribution in [2.24, 2.45) is 0 Å². The number of aliphatic hydroxyl groups is 1. The third-order valence-corrected chi connectivity index (χ3v) is 2.86. The molecule has 0 aliphatic carbocycles. The quantitative estimate of drug-likeness (QED) is 0.464. The fraction of sp³-hybridized carbons (Fsp3) is 0.800. The van der Waals surface area contributed by atoms with E-state index in [2.05, 4.69) is 10.6 Å². The average molecular weight is 262 g/mol. The number of carbonyl (C=O) groups is 2. The molecule has 0 saturated carbocycles. The van der Waals surface area contributed by atoms with Gasteiger partial charge < -0.3 is 30.3 Å². The maximum absolute atomic E-state index is 11.4. The van der Waals surface area contributed by atoms with Gasteiger partial charge >= 0.3 is 12.0 Å². The lowest BCUT2D eigenvalue weighted by Crippen LogP contribution is -2.52. The molecule has 0 aromatic rings. The number of amides is 2. The minimum atomic E-state index is -1.32. The van der Waals surface area contributed by atoms with Crippen LogP contribution in [0.4, 0.5) is 4.79 Å². The van der Waals surface area contributed by atoms with E-state index in [1.165, 1.54) is 7.11 Å². The molecule has 0 bridgehead atoms. The molecule has 1 heterocycles. The van der Waals surface area contributed by atoms with E-state index in [-0.39, 0.29) is 6.54 Å². The molecule has 104 valence electrons. The fourth-order valence-electron chi connectivity index (χ4n) is 1.60. The highest BCUT2D eigenvalue weighted by molar-refractivity contribution is 5.82. The van der Waals surface area contributed by atoms with Crippen molar-refractivity contribution in [3.8, 4) is 0 Å². The van der Waals surface area contributed by atoms with Gasteiger partial charge in [-0.2, -0.15) is 0 Å². The predicted molar refractivity (Wildman–Crippen MR) is 60.2 cm³/mol. The van der Waals surface area contributed by atoms with Crippen LogP contribution in [0.15, 0.2) is 0 Å². The molecule has 0 radical (unpaired) electrons. The summed E-state index contributed by atoms with van der Waals surface area (Å²) in [6.45, 7) is 0.492. The molecule has 18 heavy (non-hydrogen) atoms. The fourth-order valence-corrected chi connectivity index (χ4v) is 1.60. The van der Waals surface area contributed by atoms with Gasteiger partial charge in [0.1, 0.15) is 5.60 Å². The Morgan fingerprint density at radius 3 is 2.72 bits per heavy atom. The summed E-state index contributed by atoms with van der Waals surface area (Å²) < 4.78 is 10.5. The molecular weight excluding hydrogens is 244 g/mol. The van der Waals surface area contributed by atoms with E-state index in [1.807, 2.05) is 0 Å². The molecular formula is C10H18N2O6. The molecule has 0 aromatic carbocycles. The van der Waals surface area contributed by atoms with Gasteiger partial charge in [-0.1, -0.05) is 0 Å². The highest BCUT2D eigenvalue weighted by Crippen LogP contribution is 2.21. The number of carbonyl (C=O) groups excluding carboxylic acids is 1. The van der Waals surface area contributed by atoms with Crippen molar-refractivity contribution in [1.82, 2.24) is 10.6 Å². The Morgan fingerprint density at radius 1 is 1.56 bits per heavy atom. The van der Waals surface area contributed by atoms with Gasteiger partial charge in [0, 0.05) is 20.1 Å². The smallest absolute Gasteiger partial charge is 0.328 e. The highest BCUT2D eigenvalue weighted by atomic mass is 16.5. The summed E-state index contributed by atoms with van der Waals surface area (Å²) in [6, 6.07) is -1.98. The zero-order valence-corrected chi connectivity index (χ0v) is 10.1. The molecule has 1 aliphatic rings. The van der Waals surface area contributed by atoms with Crippen LogP contribution in [-0.2, 0) is 14.3 Å². The average Bonchev–Trinajstić information content (AvgIpc) is 2.82. The van der Waals surface area contributed by atoms with Crippen LogP contribution >= 0.6 is 0 Å². The summed E-state index contributed by atoms with van der Waals surface area (Å²) in [5.74, 6) is -1.29. The number of urea groups is 1. The van der Waals surface area contributed by atoms with E-state index in [1.54, 1.807) is 0 Å². The number of methoxy groups -OCH3 is 1. The molecule has 0 spiro atoms. The summed E-state index contributed by atoms with van der Waals surface area (Å²) in [4.78, 5) is 22.0. The number of hydrogen-bond acceptors (Lipinski definition) is 5. The summed E-state index contributed by atoms with van der Waals surface area (Å²) in [5, 5.41) is 22.0. The zero-order valence-electron chi connectivity index (χ0n) is 10.1. The number of ether oxygens (including phenoxy) is 2. The minimum Gasteiger partial charge on any atom is -0.480 e. The first kappa shape index (κ1) is 14.7. The number of carboxylic acids is 1. The maximum Gasteiger partial charge on any atom is 0.328 e. The third-order valence-electron chi connectivity index (χ3n) is 2.86. The first-order valence-electron chi connectivity index (χ1n) is 5.54. The highest BCUT2D eigenvalue weighted by Gasteiger charge is 2.35. The second-order valence-corrected chi connectivity index (χ2v) is 4.09. The molecule has 1 aliphatic heterocycles. The van der Waals surface area contributed by atoms with Crippen LogP contribution in [0, 0.1) is 0 Å². The van der Waals surface area contributed by atoms with E-state index < -0.39 is 30.3 Å².